The van der Waals surface area contributed by atoms with Gasteiger partial charge in [0.25, 0.3) is 12.4 Å². The molecule has 2 unspecified atom stereocenters. The first kappa shape index (κ1) is 23.0. The Morgan fingerprint density at radius 3 is 2.64 bits per heavy atom. The van der Waals surface area contributed by atoms with E-state index in [1.54, 1.807) is 4.90 Å². The van der Waals surface area contributed by atoms with Gasteiger partial charge in [-0.1, -0.05) is 6.92 Å². The number of benzene rings is 1. The summed E-state index contributed by atoms with van der Waals surface area (Å²) in [7, 11) is 2.20. The van der Waals surface area contributed by atoms with Crippen LogP contribution < -0.4 is 10.2 Å². The molecule has 178 valence electrons. The molecule has 3 amide bonds. The number of carbonyl (C=O) groups excluding carboxylic acids is 2. The SMILES string of the molecule is CCCN1CCN(c2ccc3[nH]nc(C(=O)NC4CC5CCC(C4)N5C)c3c2)C1=O.O=CO. The van der Waals surface area contributed by atoms with Gasteiger partial charge in [-0.25, -0.2) is 4.79 Å². The topological polar surface area (TPSA) is 122 Å². The van der Waals surface area contributed by atoms with Gasteiger partial charge in [-0.3, -0.25) is 19.6 Å². The van der Waals surface area contributed by atoms with E-state index in [0.717, 1.165) is 48.9 Å². The van der Waals surface area contributed by atoms with Crippen LogP contribution >= 0.6 is 0 Å². The highest BCUT2D eigenvalue weighted by Gasteiger charge is 2.39. The highest BCUT2D eigenvalue weighted by molar-refractivity contribution is 6.06. The number of carboxylic acid groups (broad SMARTS) is 1. The molecule has 3 fully saturated rings. The van der Waals surface area contributed by atoms with E-state index >= 15 is 0 Å². The first-order valence-corrected chi connectivity index (χ1v) is 11.6. The second kappa shape index (κ2) is 9.78. The van der Waals surface area contributed by atoms with Crippen molar-refractivity contribution in [2.24, 2.45) is 0 Å². The minimum absolute atomic E-state index is 0.0347. The Hall–Kier alpha value is -3.14. The summed E-state index contributed by atoms with van der Waals surface area (Å²) in [6, 6.07) is 7.12. The van der Waals surface area contributed by atoms with Gasteiger partial charge in [-0.05, 0) is 57.4 Å². The molecule has 33 heavy (non-hydrogen) atoms. The second-order valence-electron chi connectivity index (χ2n) is 9.02. The van der Waals surface area contributed by atoms with Crippen LogP contribution in [0.15, 0.2) is 18.2 Å². The number of aromatic amines is 1. The van der Waals surface area contributed by atoms with Crippen molar-refractivity contribution in [3.63, 3.8) is 0 Å². The van der Waals surface area contributed by atoms with Crippen molar-refractivity contribution >= 4 is 35.0 Å². The fraction of sp³-hybridized carbons (Fsp3) is 0.565. The van der Waals surface area contributed by atoms with E-state index in [2.05, 4.69) is 34.4 Å². The minimum Gasteiger partial charge on any atom is -0.483 e. The molecule has 0 spiro atoms. The molecule has 4 heterocycles. The van der Waals surface area contributed by atoms with Crippen molar-refractivity contribution in [1.29, 1.82) is 0 Å². The van der Waals surface area contributed by atoms with Crippen molar-refractivity contribution in [1.82, 2.24) is 25.3 Å². The molecule has 0 radical (unpaired) electrons. The quantitative estimate of drug-likeness (QED) is 0.594. The number of nitrogens with one attached hydrogen (secondary N) is 2. The van der Waals surface area contributed by atoms with Gasteiger partial charge in [0, 0.05) is 48.8 Å². The Morgan fingerprint density at radius 1 is 1.27 bits per heavy atom. The van der Waals surface area contributed by atoms with Gasteiger partial charge in [-0.15, -0.1) is 0 Å². The fourth-order valence-corrected chi connectivity index (χ4v) is 5.43. The highest BCUT2D eigenvalue weighted by atomic mass is 16.3. The summed E-state index contributed by atoms with van der Waals surface area (Å²) in [6.07, 6.45) is 5.40. The van der Waals surface area contributed by atoms with Crippen molar-refractivity contribution in [3.8, 4) is 0 Å². The van der Waals surface area contributed by atoms with Gasteiger partial charge < -0.3 is 20.2 Å². The predicted molar refractivity (Wildman–Crippen MR) is 124 cm³/mol. The van der Waals surface area contributed by atoms with Gasteiger partial charge in [0.15, 0.2) is 5.69 Å². The molecule has 3 saturated heterocycles. The number of hydrogen-bond acceptors (Lipinski definition) is 5. The molecule has 3 N–H and O–H groups in total. The van der Waals surface area contributed by atoms with Crippen molar-refractivity contribution in [2.45, 2.75) is 57.2 Å². The lowest BCUT2D eigenvalue weighted by Gasteiger charge is -2.36. The van der Waals surface area contributed by atoms with E-state index in [4.69, 9.17) is 9.90 Å². The van der Waals surface area contributed by atoms with Crippen LogP contribution in [0.1, 0.15) is 49.5 Å². The van der Waals surface area contributed by atoms with E-state index in [0.29, 0.717) is 24.3 Å². The smallest absolute Gasteiger partial charge is 0.324 e. The number of nitrogens with zero attached hydrogens (tertiary/aromatic N) is 4. The standard InChI is InChI=1S/C22H30N6O2.CH2O2/c1-3-8-27-9-10-28(22(27)30)17-6-7-19-18(13-17)20(25-24-19)21(29)23-14-11-15-4-5-16(12-14)26(15)2;2-1-3/h6-7,13-16H,3-5,8-12H2,1-2H3,(H,23,29)(H,24,25);1H,(H,2,3). The Kier molecular flexibility index (Phi) is 6.83. The van der Waals surface area contributed by atoms with Crippen LogP contribution in [0.2, 0.25) is 0 Å². The van der Waals surface area contributed by atoms with Gasteiger partial charge >= 0.3 is 6.03 Å². The van der Waals surface area contributed by atoms with Crippen LogP contribution in [0.3, 0.4) is 0 Å². The first-order chi connectivity index (χ1) is 16.0. The maximum atomic E-state index is 13.0. The number of anilines is 1. The van der Waals surface area contributed by atoms with E-state index < -0.39 is 0 Å². The molecule has 0 aliphatic carbocycles. The van der Waals surface area contributed by atoms with Crippen LogP contribution in [0.5, 0.6) is 0 Å². The number of urea groups is 1. The lowest BCUT2D eigenvalue weighted by molar-refractivity contribution is -0.122. The van der Waals surface area contributed by atoms with E-state index in [9.17, 15) is 9.59 Å². The number of hydrogen-bond donors (Lipinski definition) is 3. The molecule has 1 aromatic heterocycles. The Morgan fingerprint density at radius 2 is 1.97 bits per heavy atom. The van der Waals surface area contributed by atoms with Gasteiger partial charge in [0.2, 0.25) is 0 Å². The van der Waals surface area contributed by atoms with Crippen LogP contribution in [0, 0.1) is 0 Å². The molecule has 10 nitrogen and oxygen atoms in total. The number of H-pyrrole nitrogens is 1. The molecule has 5 rings (SSSR count). The molecule has 2 aromatic rings. The minimum atomic E-state index is -0.250. The van der Waals surface area contributed by atoms with Crippen molar-refractivity contribution < 1.29 is 19.5 Å². The van der Waals surface area contributed by atoms with E-state index in [1.807, 2.05) is 23.1 Å². The zero-order valence-electron chi connectivity index (χ0n) is 19.2. The zero-order chi connectivity index (χ0) is 23.5. The monoisotopic (exact) mass is 456 g/mol. The molecular formula is C23H32N6O4. The maximum absolute atomic E-state index is 13.0. The van der Waals surface area contributed by atoms with E-state index in [-0.39, 0.29) is 24.5 Å². The number of carbonyl (C=O) groups is 3. The summed E-state index contributed by atoms with van der Waals surface area (Å²) in [5, 5.41) is 18.1. The molecule has 0 saturated carbocycles. The van der Waals surface area contributed by atoms with Gasteiger partial charge in [0.1, 0.15) is 0 Å². The summed E-state index contributed by atoms with van der Waals surface area (Å²) < 4.78 is 0. The number of piperidine rings is 1. The molecule has 3 aliphatic heterocycles. The largest absolute Gasteiger partial charge is 0.483 e. The fourth-order valence-electron chi connectivity index (χ4n) is 5.43. The molecule has 2 bridgehead atoms. The lowest BCUT2D eigenvalue weighted by Crippen LogP contribution is -2.48. The van der Waals surface area contributed by atoms with Crippen LogP contribution in [0.25, 0.3) is 10.9 Å². The summed E-state index contributed by atoms with van der Waals surface area (Å²) in [5.41, 5.74) is 2.04. The normalized spacial score (nSPS) is 24.7. The highest BCUT2D eigenvalue weighted by Crippen LogP contribution is 2.34. The van der Waals surface area contributed by atoms with Crippen LogP contribution in [0.4, 0.5) is 10.5 Å². The second-order valence-corrected chi connectivity index (χ2v) is 9.02. The third-order valence-corrected chi connectivity index (χ3v) is 7.10. The number of rotatable bonds is 5. The average Bonchev–Trinajstić information content (AvgIpc) is 3.42. The third kappa shape index (κ3) is 4.52. The third-order valence-electron chi connectivity index (χ3n) is 7.10. The summed E-state index contributed by atoms with van der Waals surface area (Å²) in [5.74, 6) is -0.132. The molecule has 1 aromatic carbocycles. The summed E-state index contributed by atoms with van der Waals surface area (Å²) in [4.78, 5) is 40.2. The Bertz CT molecular complexity index is 1010. The van der Waals surface area contributed by atoms with Crippen molar-refractivity contribution in [3.05, 3.63) is 23.9 Å². The molecular weight excluding hydrogens is 424 g/mol. The number of amides is 3. The number of aromatic nitrogens is 2. The van der Waals surface area contributed by atoms with Gasteiger partial charge in [0.05, 0.1) is 5.52 Å². The lowest BCUT2D eigenvalue weighted by atomic mass is 9.98. The van der Waals surface area contributed by atoms with Crippen LogP contribution in [-0.4, -0.2) is 88.3 Å². The average molecular weight is 457 g/mol. The zero-order valence-corrected chi connectivity index (χ0v) is 19.2. The molecule has 2 atom stereocenters. The summed E-state index contributed by atoms with van der Waals surface area (Å²) in [6.45, 7) is 4.01. The Labute approximate surface area is 192 Å². The Balaban J connectivity index is 0.000000821. The van der Waals surface area contributed by atoms with Crippen LogP contribution in [-0.2, 0) is 4.79 Å². The predicted octanol–water partition coefficient (Wildman–Crippen LogP) is 2.27. The maximum Gasteiger partial charge on any atom is 0.324 e. The van der Waals surface area contributed by atoms with E-state index in [1.165, 1.54) is 12.8 Å². The molecule has 3 aliphatic rings. The summed E-state index contributed by atoms with van der Waals surface area (Å²) >= 11 is 0. The molecule has 10 heteroatoms. The van der Waals surface area contributed by atoms with Gasteiger partial charge in [-0.2, -0.15) is 5.10 Å². The van der Waals surface area contributed by atoms with Crippen molar-refractivity contribution in [2.75, 3.05) is 31.6 Å². The number of fused-ring (bicyclic) bond motifs is 3. The first-order valence-electron chi connectivity index (χ1n) is 11.6.